The molecule has 1 aliphatic rings. The number of nitriles is 1. The van der Waals surface area contributed by atoms with Gasteiger partial charge < -0.3 is 5.32 Å². The summed E-state index contributed by atoms with van der Waals surface area (Å²) in [6.07, 6.45) is 0.527. The number of nitrogens with zero attached hydrogens (tertiary/aromatic N) is 2. The molecule has 0 spiro atoms. The van der Waals surface area contributed by atoms with Crippen molar-refractivity contribution < 1.29 is 18.4 Å². The van der Waals surface area contributed by atoms with E-state index in [0.717, 1.165) is 23.1 Å². The van der Waals surface area contributed by atoms with Crippen molar-refractivity contribution in [2.24, 2.45) is 0 Å². The lowest BCUT2D eigenvalue weighted by atomic mass is 9.91. The zero-order chi connectivity index (χ0) is 15.6. The van der Waals surface area contributed by atoms with Gasteiger partial charge in [0.2, 0.25) is 0 Å². The molecular weight excluding hydrogens is 280 g/mol. The number of nitrogens with one attached hydrogen (secondary N) is 1. The number of benzene rings is 1. The number of amides is 3. The summed E-state index contributed by atoms with van der Waals surface area (Å²) in [5, 5.41) is 10.9. The largest absolute Gasteiger partial charge is 0.325 e. The Labute approximate surface area is 120 Å². The van der Waals surface area contributed by atoms with Gasteiger partial charge >= 0.3 is 6.03 Å². The Morgan fingerprint density at radius 3 is 2.76 bits per heavy atom. The summed E-state index contributed by atoms with van der Waals surface area (Å²) < 4.78 is 27.2. The van der Waals surface area contributed by atoms with Crippen LogP contribution in [0.25, 0.3) is 0 Å². The highest BCUT2D eigenvalue weighted by Gasteiger charge is 2.50. The molecule has 1 unspecified atom stereocenters. The maximum atomic E-state index is 13.9. The third kappa shape index (κ3) is 2.57. The molecular formula is C14H13F2N3O2. The van der Waals surface area contributed by atoms with Gasteiger partial charge in [0.1, 0.15) is 17.2 Å². The fourth-order valence-corrected chi connectivity index (χ4v) is 2.28. The van der Waals surface area contributed by atoms with E-state index in [-0.39, 0.29) is 18.5 Å². The van der Waals surface area contributed by atoms with Gasteiger partial charge in [0.15, 0.2) is 0 Å². The number of imide groups is 1. The molecule has 1 heterocycles. The lowest BCUT2D eigenvalue weighted by Gasteiger charge is -2.22. The Morgan fingerprint density at radius 2 is 2.10 bits per heavy atom. The van der Waals surface area contributed by atoms with Crippen LogP contribution in [-0.2, 0) is 10.3 Å². The van der Waals surface area contributed by atoms with Crippen molar-refractivity contribution in [1.82, 2.24) is 10.2 Å². The van der Waals surface area contributed by atoms with Gasteiger partial charge in [-0.2, -0.15) is 5.26 Å². The topological polar surface area (TPSA) is 73.2 Å². The van der Waals surface area contributed by atoms with Gasteiger partial charge in [0, 0.05) is 18.5 Å². The lowest BCUT2D eigenvalue weighted by molar-refractivity contribution is -0.131. The molecule has 1 N–H and O–H groups in total. The van der Waals surface area contributed by atoms with E-state index < -0.39 is 29.1 Å². The van der Waals surface area contributed by atoms with Crippen LogP contribution >= 0.6 is 0 Å². The SMILES string of the molecule is CC1(c2cc(F)ccc2F)NC(=O)N(CCCC#N)C1=O. The Balaban J connectivity index is 2.32. The Morgan fingerprint density at radius 1 is 1.38 bits per heavy atom. The first-order chi connectivity index (χ1) is 9.90. The zero-order valence-corrected chi connectivity index (χ0v) is 11.3. The minimum Gasteiger partial charge on any atom is -0.319 e. The van der Waals surface area contributed by atoms with E-state index in [1.807, 2.05) is 6.07 Å². The van der Waals surface area contributed by atoms with Crippen LogP contribution in [0.5, 0.6) is 0 Å². The summed E-state index contributed by atoms with van der Waals surface area (Å²) >= 11 is 0. The van der Waals surface area contributed by atoms with Crippen molar-refractivity contribution in [3.05, 3.63) is 35.4 Å². The molecule has 2 rings (SSSR count). The molecule has 1 fully saturated rings. The molecule has 0 radical (unpaired) electrons. The average Bonchev–Trinajstić information content (AvgIpc) is 2.66. The van der Waals surface area contributed by atoms with Crippen molar-refractivity contribution in [2.45, 2.75) is 25.3 Å². The maximum Gasteiger partial charge on any atom is 0.325 e. The summed E-state index contributed by atoms with van der Waals surface area (Å²) in [4.78, 5) is 25.1. The third-order valence-corrected chi connectivity index (χ3v) is 3.41. The third-order valence-electron chi connectivity index (χ3n) is 3.41. The van der Waals surface area contributed by atoms with Crippen molar-refractivity contribution in [3.8, 4) is 6.07 Å². The first-order valence-corrected chi connectivity index (χ1v) is 6.36. The monoisotopic (exact) mass is 293 g/mol. The predicted molar refractivity (Wildman–Crippen MR) is 68.8 cm³/mol. The van der Waals surface area contributed by atoms with Crippen LogP contribution in [0, 0.1) is 23.0 Å². The Hall–Kier alpha value is -2.49. The van der Waals surface area contributed by atoms with E-state index in [0.29, 0.717) is 6.42 Å². The molecule has 0 aliphatic carbocycles. The highest BCUT2D eigenvalue weighted by molar-refractivity contribution is 6.07. The molecule has 5 nitrogen and oxygen atoms in total. The number of halogens is 2. The smallest absolute Gasteiger partial charge is 0.319 e. The molecule has 1 aromatic carbocycles. The van der Waals surface area contributed by atoms with Crippen LogP contribution in [-0.4, -0.2) is 23.4 Å². The van der Waals surface area contributed by atoms with Gasteiger partial charge in [0.25, 0.3) is 5.91 Å². The Bertz CT molecular complexity index is 642. The van der Waals surface area contributed by atoms with Crippen LogP contribution in [0.4, 0.5) is 13.6 Å². The molecule has 110 valence electrons. The number of carbonyl (C=O) groups is 2. The fraction of sp³-hybridized carbons (Fsp3) is 0.357. The van der Waals surface area contributed by atoms with Crippen molar-refractivity contribution in [3.63, 3.8) is 0 Å². The first-order valence-electron chi connectivity index (χ1n) is 6.36. The molecule has 0 bridgehead atoms. The first kappa shape index (κ1) is 14.9. The van der Waals surface area contributed by atoms with E-state index in [2.05, 4.69) is 5.32 Å². The number of hydrogen-bond donors (Lipinski definition) is 1. The maximum absolute atomic E-state index is 13.9. The molecule has 0 saturated carbocycles. The number of hydrogen-bond acceptors (Lipinski definition) is 3. The van der Waals surface area contributed by atoms with Gasteiger partial charge in [-0.15, -0.1) is 0 Å². The van der Waals surface area contributed by atoms with E-state index in [9.17, 15) is 18.4 Å². The van der Waals surface area contributed by atoms with Gasteiger partial charge in [-0.05, 0) is 31.5 Å². The molecule has 21 heavy (non-hydrogen) atoms. The van der Waals surface area contributed by atoms with E-state index in [4.69, 9.17) is 5.26 Å². The summed E-state index contributed by atoms with van der Waals surface area (Å²) in [7, 11) is 0. The molecule has 1 atom stereocenters. The van der Waals surface area contributed by atoms with Gasteiger partial charge in [0.05, 0.1) is 6.07 Å². The normalized spacial score (nSPS) is 21.3. The highest BCUT2D eigenvalue weighted by atomic mass is 19.1. The van der Waals surface area contributed by atoms with Crippen molar-refractivity contribution in [2.75, 3.05) is 6.54 Å². The minimum absolute atomic E-state index is 0.0603. The number of carbonyl (C=O) groups excluding carboxylic acids is 2. The average molecular weight is 293 g/mol. The van der Waals surface area contributed by atoms with Crippen LogP contribution in [0.2, 0.25) is 0 Å². The minimum atomic E-state index is -1.64. The summed E-state index contributed by atoms with van der Waals surface area (Å²) in [5.74, 6) is -2.13. The molecule has 1 aliphatic heterocycles. The fourth-order valence-electron chi connectivity index (χ4n) is 2.28. The van der Waals surface area contributed by atoms with Crippen LogP contribution in [0.15, 0.2) is 18.2 Å². The quantitative estimate of drug-likeness (QED) is 0.682. The highest BCUT2D eigenvalue weighted by Crippen LogP contribution is 2.31. The molecule has 1 aromatic rings. The van der Waals surface area contributed by atoms with Crippen LogP contribution in [0.3, 0.4) is 0 Å². The van der Waals surface area contributed by atoms with E-state index >= 15 is 0 Å². The second-order valence-electron chi connectivity index (χ2n) is 4.90. The Kier molecular flexibility index (Phi) is 3.89. The summed E-state index contributed by atoms with van der Waals surface area (Å²) in [5.41, 5.74) is -1.86. The zero-order valence-electron chi connectivity index (χ0n) is 11.3. The standard InChI is InChI=1S/C14H13F2N3O2/c1-14(10-8-9(15)4-5-11(10)16)12(20)19(13(21)18-14)7-3-2-6-17/h4-5,8H,2-3,7H2,1H3,(H,18,21). The van der Waals surface area contributed by atoms with Crippen molar-refractivity contribution in [1.29, 1.82) is 5.26 Å². The number of rotatable bonds is 4. The van der Waals surface area contributed by atoms with Crippen LogP contribution < -0.4 is 5.32 Å². The van der Waals surface area contributed by atoms with Gasteiger partial charge in [-0.25, -0.2) is 13.6 Å². The van der Waals surface area contributed by atoms with E-state index in [1.165, 1.54) is 6.92 Å². The van der Waals surface area contributed by atoms with Gasteiger partial charge in [-0.3, -0.25) is 9.69 Å². The van der Waals surface area contributed by atoms with Crippen LogP contribution in [0.1, 0.15) is 25.3 Å². The lowest BCUT2D eigenvalue weighted by Crippen LogP contribution is -2.41. The predicted octanol–water partition coefficient (Wildman–Crippen LogP) is 2.04. The molecule has 3 amide bonds. The molecule has 0 aromatic heterocycles. The number of urea groups is 1. The molecule has 7 heteroatoms. The van der Waals surface area contributed by atoms with Gasteiger partial charge in [-0.1, -0.05) is 0 Å². The number of unbranched alkanes of at least 4 members (excludes halogenated alkanes) is 1. The van der Waals surface area contributed by atoms with E-state index in [1.54, 1.807) is 0 Å². The molecule has 1 saturated heterocycles. The second-order valence-corrected chi connectivity index (χ2v) is 4.90. The summed E-state index contributed by atoms with van der Waals surface area (Å²) in [6.45, 7) is 1.39. The summed E-state index contributed by atoms with van der Waals surface area (Å²) in [6, 6.07) is 3.98. The second kappa shape index (κ2) is 5.48. The van der Waals surface area contributed by atoms with Crippen molar-refractivity contribution >= 4 is 11.9 Å².